The lowest BCUT2D eigenvalue weighted by atomic mass is 9.92. The lowest BCUT2D eigenvalue weighted by molar-refractivity contribution is 0.250. The molecule has 1 fully saturated rings. The topological polar surface area (TPSA) is 117 Å². The van der Waals surface area contributed by atoms with Crippen LogP contribution < -0.4 is 25.6 Å². The van der Waals surface area contributed by atoms with Gasteiger partial charge >= 0.3 is 6.03 Å². The second-order valence-electron chi connectivity index (χ2n) is 8.21. The summed E-state index contributed by atoms with van der Waals surface area (Å²) in [5.74, 6) is -0.647. The Hall–Kier alpha value is -2.85. The van der Waals surface area contributed by atoms with E-state index in [1.54, 1.807) is 20.0 Å². The van der Waals surface area contributed by atoms with Crippen LogP contribution in [0.2, 0.25) is 5.02 Å². The molecule has 0 unspecified atom stereocenters. The molecule has 2 heterocycles. The maximum Gasteiger partial charge on any atom is 0.330 e. The molecule has 1 aliphatic heterocycles. The third kappa shape index (κ3) is 4.49. The number of benzene rings is 1. The first kappa shape index (κ1) is 23.3. The molecule has 9 nitrogen and oxygen atoms in total. The molecule has 0 atom stereocenters. The van der Waals surface area contributed by atoms with Crippen molar-refractivity contribution in [2.24, 2.45) is 5.73 Å². The van der Waals surface area contributed by atoms with Gasteiger partial charge in [-0.15, -0.1) is 0 Å². The molecule has 2 amide bonds. The molecule has 0 bridgehead atoms. The van der Waals surface area contributed by atoms with Crippen LogP contribution in [0.25, 0.3) is 0 Å². The predicted octanol–water partition coefficient (Wildman–Crippen LogP) is 4.02. The molecule has 2 aliphatic rings. The van der Waals surface area contributed by atoms with Crippen LogP contribution in [0.1, 0.15) is 45.1 Å². The smallest absolute Gasteiger partial charge is 0.330 e. The first-order chi connectivity index (χ1) is 15.8. The Kier molecular flexibility index (Phi) is 6.76. The first-order valence-corrected chi connectivity index (χ1v) is 11.5. The van der Waals surface area contributed by atoms with Gasteiger partial charge in [-0.25, -0.2) is 14.2 Å². The molecule has 0 radical (unpaired) electrons. The summed E-state index contributed by atoms with van der Waals surface area (Å²) in [6.45, 7) is 4.10. The summed E-state index contributed by atoms with van der Waals surface area (Å²) in [4.78, 5) is 25.0. The van der Waals surface area contributed by atoms with Crippen molar-refractivity contribution in [3.8, 4) is 11.5 Å². The number of fused-ring (bicyclic) bond motifs is 1. The van der Waals surface area contributed by atoms with Gasteiger partial charge in [0.1, 0.15) is 22.3 Å². The number of phenolic OH excluding ortho intramolecular Hbond substituents is 1. The number of aromatic nitrogens is 2. The number of amides is 2. The second-order valence-corrected chi connectivity index (χ2v) is 8.59. The number of hydrogen-bond donors (Lipinski definition) is 3. The number of carbonyl (C=O) groups is 1. The van der Waals surface area contributed by atoms with Gasteiger partial charge in [0.25, 0.3) is 0 Å². The van der Waals surface area contributed by atoms with E-state index in [9.17, 15) is 14.3 Å². The fourth-order valence-corrected chi connectivity index (χ4v) is 4.57. The maximum absolute atomic E-state index is 14.9. The minimum absolute atomic E-state index is 0.00507. The van der Waals surface area contributed by atoms with E-state index in [1.807, 2.05) is 0 Å². The highest BCUT2D eigenvalue weighted by Crippen LogP contribution is 2.44. The molecular weight excluding hydrogens is 451 g/mol. The summed E-state index contributed by atoms with van der Waals surface area (Å²) >= 11 is 6.39. The van der Waals surface area contributed by atoms with E-state index in [0.717, 1.165) is 31.7 Å². The number of rotatable bonds is 6. The van der Waals surface area contributed by atoms with Crippen molar-refractivity contribution in [2.45, 2.75) is 58.2 Å². The molecule has 4 rings (SSSR count). The first-order valence-electron chi connectivity index (χ1n) is 11.1. The summed E-state index contributed by atoms with van der Waals surface area (Å²) in [5, 5.41) is 13.3. The molecule has 0 saturated heterocycles. The quantitative estimate of drug-likeness (QED) is 0.574. The Labute approximate surface area is 196 Å². The molecule has 0 spiro atoms. The number of aromatic hydroxyl groups is 1. The lowest BCUT2D eigenvalue weighted by Gasteiger charge is -2.36. The van der Waals surface area contributed by atoms with Gasteiger partial charge in [-0.2, -0.15) is 4.98 Å². The van der Waals surface area contributed by atoms with Crippen LogP contribution >= 0.6 is 11.6 Å². The Morgan fingerprint density at radius 1 is 1.33 bits per heavy atom. The summed E-state index contributed by atoms with van der Waals surface area (Å²) in [6, 6.07) is 1.06. The molecule has 1 saturated carbocycles. The molecule has 4 N–H and O–H groups in total. The summed E-state index contributed by atoms with van der Waals surface area (Å²) < 4.78 is 20.4. The van der Waals surface area contributed by atoms with Gasteiger partial charge in [0.2, 0.25) is 5.95 Å². The van der Waals surface area contributed by atoms with Crippen LogP contribution in [0.5, 0.6) is 11.5 Å². The third-order valence-electron chi connectivity index (χ3n) is 6.00. The van der Waals surface area contributed by atoms with Gasteiger partial charge < -0.3 is 20.9 Å². The van der Waals surface area contributed by atoms with Crippen molar-refractivity contribution < 1.29 is 19.0 Å². The average Bonchev–Trinajstić information content (AvgIpc) is 2.80. The van der Waals surface area contributed by atoms with Crippen LogP contribution in [0, 0.1) is 5.82 Å². The molecule has 178 valence electrons. The Morgan fingerprint density at radius 3 is 2.73 bits per heavy atom. The number of carbonyl (C=O) groups excluding carboxylic acids is 1. The number of anilines is 3. The molecule has 1 aliphatic carbocycles. The fraction of sp³-hybridized carbons (Fsp3) is 0.500. The van der Waals surface area contributed by atoms with Gasteiger partial charge in [-0.1, -0.05) is 11.6 Å². The Bertz CT molecular complexity index is 1050. The van der Waals surface area contributed by atoms with Crippen LogP contribution in [0.15, 0.2) is 12.3 Å². The number of phenols is 1. The van der Waals surface area contributed by atoms with E-state index >= 15 is 0 Å². The number of nitrogens with zero attached hydrogens (tertiary/aromatic N) is 4. The van der Waals surface area contributed by atoms with E-state index in [0.29, 0.717) is 23.9 Å². The minimum Gasteiger partial charge on any atom is -0.505 e. The molecule has 1 aromatic carbocycles. The zero-order chi connectivity index (χ0) is 23.7. The highest BCUT2D eigenvalue weighted by Gasteiger charge is 2.36. The van der Waals surface area contributed by atoms with Crippen molar-refractivity contribution in [2.75, 3.05) is 28.3 Å². The van der Waals surface area contributed by atoms with Gasteiger partial charge in [-0.3, -0.25) is 9.80 Å². The van der Waals surface area contributed by atoms with Crippen molar-refractivity contribution >= 4 is 35.1 Å². The Morgan fingerprint density at radius 2 is 2.06 bits per heavy atom. The van der Waals surface area contributed by atoms with Crippen LogP contribution in [0.4, 0.5) is 26.6 Å². The van der Waals surface area contributed by atoms with Crippen molar-refractivity contribution in [3.63, 3.8) is 0 Å². The Balaban J connectivity index is 1.66. The van der Waals surface area contributed by atoms with E-state index in [-0.39, 0.29) is 41.7 Å². The SMILES string of the molecule is CCOc1cc(O)c(F)c(N2Cc3cnc(NC4CCC(N)CC4)nc3N(CC)C2=O)c1Cl. The molecule has 1 aromatic heterocycles. The predicted molar refractivity (Wildman–Crippen MR) is 125 cm³/mol. The maximum atomic E-state index is 14.9. The molecule has 11 heteroatoms. The summed E-state index contributed by atoms with van der Waals surface area (Å²) in [6.07, 6.45) is 5.38. The second kappa shape index (κ2) is 9.56. The van der Waals surface area contributed by atoms with Gasteiger partial charge in [-0.05, 0) is 39.5 Å². The molecule has 33 heavy (non-hydrogen) atoms. The van der Waals surface area contributed by atoms with E-state index in [4.69, 9.17) is 22.1 Å². The monoisotopic (exact) mass is 478 g/mol. The van der Waals surface area contributed by atoms with E-state index < -0.39 is 17.6 Å². The van der Waals surface area contributed by atoms with E-state index in [1.165, 1.54) is 9.80 Å². The summed E-state index contributed by atoms with van der Waals surface area (Å²) in [5.41, 5.74) is 6.37. The van der Waals surface area contributed by atoms with Crippen LogP contribution in [-0.4, -0.2) is 46.3 Å². The van der Waals surface area contributed by atoms with Crippen LogP contribution in [-0.2, 0) is 6.54 Å². The van der Waals surface area contributed by atoms with Crippen molar-refractivity contribution in [1.29, 1.82) is 0 Å². The number of hydrogen-bond acceptors (Lipinski definition) is 7. The summed E-state index contributed by atoms with van der Waals surface area (Å²) in [7, 11) is 0. The lowest BCUT2D eigenvalue weighted by Crippen LogP contribution is -2.48. The van der Waals surface area contributed by atoms with Crippen LogP contribution in [0.3, 0.4) is 0 Å². The largest absolute Gasteiger partial charge is 0.505 e. The van der Waals surface area contributed by atoms with Crippen molar-refractivity contribution in [3.05, 3.63) is 28.7 Å². The number of nitrogens with two attached hydrogens (primary N) is 1. The van der Waals surface area contributed by atoms with Gasteiger partial charge in [0.05, 0.1) is 13.2 Å². The number of halogens is 2. The fourth-order valence-electron chi connectivity index (χ4n) is 4.28. The number of nitrogens with one attached hydrogen (secondary N) is 1. The normalized spacial score (nSPS) is 20.6. The van der Waals surface area contributed by atoms with E-state index in [2.05, 4.69) is 15.3 Å². The van der Waals surface area contributed by atoms with Gasteiger partial charge in [0.15, 0.2) is 11.6 Å². The van der Waals surface area contributed by atoms with Gasteiger partial charge in [0, 0.05) is 36.5 Å². The zero-order valence-electron chi connectivity index (χ0n) is 18.6. The zero-order valence-corrected chi connectivity index (χ0v) is 19.4. The highest BCUT2D eigenvalue weighted by molar-refractivity contribution is 6.35. The molecular formula is C22H28ClFN6O3. The molecule has 2 aromatic rings. The highest BCUT2D eigenvalue weighted by atomic mass is 35.5. The number of urea groups is 1. The standard InChI is InChI=1S/C22H28ClFN6O3/c1-3-29-20-12(10-26-21(28-20)27-14-7-5-13(25)6-8-14)11-30(22(29)32)19-17(23)16(33-4-2)9-15(31)18(19)24/h9-10,13-14,31H,3-8,11,25H2,1-2H3,(H,26,27,28). The minimum atomic E-state index is -0.994. The average molecular weight is 479 g/mol. The number of ether oxygens (including phenoxy) is 1. The van der Waals surface area contributed by atoms with Crippen molar-refractivity contribution in [1.82, 2.24) is 9.97 Å². The third-order valence-corrected chi connectivity index (χ3v) is 6.37.